The summed E-state index contributed by atoms with van der Waals surface area (Å²) in [7, 11) is 0. The van der Waals surface area contributed by atoms with Crippen molar-refractivity contribution in [2.75, 3.05) is 0 Å². The lowest BCUT2D eigenvalue weighted by Gasteiger charge is -2.16. The molecule has 1 aromatic heterocycles. The molecule has 0 saturated carbocycles. The van der Waals surface area contributed by atoms with Gasteiger partial charge in [0.1, 0.15) is 12.4 Å². The van der Waals surface area contributed by atoms with Gasteiger partial charge in [-0.2, -0.15) is 0 Å². The molecule has 4 rings (SSSR count). The second-order valence-corrected chi connectivity index (χ2v) is 7.87. The van der Waals surface area contributed by atoms with E-state index in [1.807, 2.05) is 91.2 Å². The minimum atomic E-state index is -0.377. The van der Waals surface area contributed by atoms with Crippen LogP contribution >= 0.6 is 0 Å². The fourth-order valence-corrected chi connectivity index (χ4v) is 3.72. The number of aromatic nitrogens is 2. The number of hydrogen-bond donors (Lipinski definition) is 2. The molecule has 0 radical (unpaired) electrons. The van der Waals surface area contributed by atoms with Crippen molar-refractivity contribution < 1.29 is 9.59 Å². The first kappa shape index (κ1) is 21.3. The van der Waals surface area contributed by atoms with E-state index in [1.165, 1.54) is 0 Å². The molecule has 0 aliphatic heterocycles. The third-order valence-corrected chi connectivity index (χ3v) is 5.33. The van der Waals surface area contributed by atoms with Crippen molar-refractivity contribution in [1.29, 1.82) is 0 Å². The second-order valence-electron chi connectivity index (χ2n) is 7.87. The fraction of sp³-hybridized carbons (Fsp3) is 0.192. The summed E-state index contributed by atoms with van der Waals surface area (Å²) in [5.74, 6) is 0.353. The Bertz CT molecular complexity index is 1250. The molecule has 1 unspecified atom stereocenters. The highest BCUT2D eigenvalue weighted by Crippen LogP contribution is 2.21. The quantitative estimate of drug-likeness (QED) is 0.466. The molecule has 0 bridgehead atoms. The summed E-state index contributed by atoms with van der Waals surface area (Å²) in [6.07, 6.45) is 0. The van der Waals surface area contributed by atoms with Crippen LogP contribution in [0.1, 0.15) is 40.3 Å². The molecule has 32 heavy (non-hydrogen) atoms. The van der Waals surface area contributed by atoms with Crippen LogP contribution < -0.4 is 10.6 Å². The molecule has 0 fully saturated rings. The zero-order chi connectivity index (χ0) is 22.5. The van der Waals surface area contributed by atoms with Gasteiger partial charge < -0.3 is 15.2 Å². The van der Waals surface area contributed by atoms with Crippen LogP contribution in [0.4, 0.5) is 0 Å². The molecule has 0 spiro atoms. The highest BCUT2D eigenvalue weighted by atomic mass is 16.2. The van der Waals surface area contributed by atoms with Crippen molar-refractivity contribution in [2.45, 2.75) is 33.0 Å². The lowest BCUT2D eigenvalue weighted by molar-refractivity contribution is -0.121. The Balaban J connectivity index is 1.54. The smallest absolute Gasteiger partial charge is 0.251 e. The molecule has 2 amide bonds. The minimum absolute atomic E-state index is 0.115. The largest absolute Gasteiger partial charge is 0.350 e. The van der Waals surface area contributed by atoms with E-state index in [-0.39, 0.29) is 24.4 Å². The van der Waals surface area contributed by atoms with Crippen molar-refractivity contribution in [3.05, 3.63) is 101 Å². The summed E-state index contributed by atoms with van der Waals surface area (Å²) in [5, 5.41) is 5.98. The van der Waals surface area contributed by atoms with Gasteiger partial charge in [-0.1, -0.05) is 60.2 Å². The van der Waals surface area contributed by atoms with Crippen molar-refractivity contribution in [1.82, 2.24) is 20.2 Å². The van der Waals surface area contributed by atoms with E-state index in [4.69, 9.17) is 4.98 Å². The van der Waals surface area contributed by atoms with E-state index >= 15 is 0 Å². The van der Waals surface area contributed by atoms with Gasteiger partial charge in [-0.05, 0) is 43.7 Å². The van der Waals surface area contributed by atoms with Crippen molar-refractivity contribution in [3.63, 3.8) is 0 Å². The van der Waals surface area contributed by atoms with Gasteiger partial charge in [-0.3, -0.25) is 9.59 Å². The lowest BCUT2D eigenvalue weighted by atomic mass is 10.1. The van der Waals surface area contributed by atoms with Crippen LogP contribution in [0.2, 0.25) is 0 Å². The summed E-state index contributed by atoms with van der Waals surface area (Å²) in [4.78, 5) is 30.2. The fourth-order valence-electron chi connectivity index (χ4n) is 3.72. The van der Waals surface area contributed by atoms with Gasteiger partial charge in [-0.25, -0.2) is 4.98 Å². The van der Waals surface area contributed by atoms with E-state index < -0.39 is 0 Å². The SMILES string of the molecule is Cc1cccc(C(=O)NC(C)c2nc3ccccc3n2CC(=O)NCc2ccccc2)c1. The maximum atomic E-state index is 12.8. The van der Waals surface area contributed by atoms with Crippen LogP contribution in [-0.4, -0.2) is 21.4 Å². The number of hydrogen-bond acceptors (Lipinski definition) is 3. The van der Waals surface area contributed by atoms with Crippen LogP contribution in [-0.2, 0) is 17.9 Å². The summed E-state index contributed by atoms with van der Waals surface area (Å²) in [6, 6.07) is 24.5. The Kier molecular flexibility index (Phi) is 6.31. The van der Waals surface area contributed by atoms with Crippen molar-refractivity contribution >= 4 is 22.8 Å². The summed E-state index contributed by atoms with van der Waals surface area (Å²) in [6.45, 7) is 4.41. The molecule has 1 heterocycles. The Hall–Kier alpha value is -3.93. The van der Waals surface area contributed by atoms with Crippen molar-refractivity contribution in [3.8, 4) is 0 Å². The number of rotatable bonds is 7. The summed E-state index contributed by atoms with van der Waals surface area (Å²) < 4.78 is 1.87. The monoisotopic (exact) mass is 426 g/mol. The van der Waals surface area contributed by atoms with Crippen molar-refractivity contribution in [2.24, 2.45) is 0 Å². The molecule has 0 saturated heterocycles. The first-order valence-electron chi connectivity index (χ1n) is 10.6. The Morgan fingerprint density at radius 1 is 0.969 bits per heavy atom. The number of carbonyl (C=O) groups excluding carboxylic acids is 2. The standard InChI is InChI=1S/C26H26N4O2/c1-18-9-8-12-21(15-18)26(32)28-19(2)25-29-22-13-6-7-14-23(22)30(25)17-24(31)27-16-20-10-4-3-5-11-20/h3-15,19H,16-17H2,1-2H3,(H,27,31)(H,28,32). The molecular weight excluding hydrogens is 400 g/mol. The van der Waals surface area contributed by atoms with E-state index in [2.05, 4.69) is 10.6 Å². The van der Waals surface area contributed by atoms with Crippen LogP contribution in [0.25, 0.3) is 11.0 Å². The maximum Gasteiger partial charge on any atom is 0.251 e. The predicted molar refractivity (Wildman–Crippen MR) is 125 cm³/mol. The van der Waals surface area contributed by atoms with Gasteiger partial charge in [0.15, 0.2) is 0 Å². The number of fused-ring (bicyclic) bond motifs is 1. The zero-order valence-corrected chi connectivity index (χ0v) is 18.2. The van der Waals surface area contributed by atoms with Gasteiger partial charge >= 0.3 is 0 Å². The normalized spacial score (nSPS) is 11.8. The third-order valence-electron chi connectivity index (χ3n) is 5.33. The summed E-state index contributed by atoms with van der Waals surface area (Å²) in [5.41, 5.74) is 4.30. The minimum Gasteiger partial charge on any atom is -0.350 e. The molecule has 6 heteroatoms. The van der Waals surface area contributed by atoms with Gasteiger partial charge in [0.05, 0.1) is 17.1 Å². The predicted octanol–water partition coefficient (Wildman–Crippen LogP) is 4.15. The maximum absolute atomic E-state index is 12.8. The first-order chi connectivity index (χ1) is 15.5. The average Bonchev–Trinajstić information content (AvgIpc) is 3.17. The number of carbonyl (C=O) groups is 2. The number of nitrogens with one attached hydrogen (secondary N) is 2. The van der Waals surface area contributed by atoms with Gasteiger partial charge in [0.25, 0.3) is 5.91 Å². The second kappa shape index (κ2) is 9.47. The molecule has 0 aliphatic carbocycles. The summed E-state index contributed by atoms with van der Waals surface area (Å²) >= 11 is 0. The molecule has 3 aromatic carbocycles. The van der Waals surface area contributed by atoms with Crippen LogP contribution in [0.15, 0.2) is 78.9 Å². The molecule has 2 N–H and O–H groups in total. The molecular formula is C26H26N4O2. The third kappa shape index (κ3) is 4.86. The van der Waals surface area contributed by atoms with E-state index in [0.717, 1.165) is 22.2 Å². The highest BCUT2D eigenvalue weighted by Gasteiger charge is 2.20. The van der Waals surface area contributed by atoms with Gasteiger partial charge in [0, 0.05) is 12.1 Å². The van der Waals surface area contributed by atoms with Crippen LogP contribution in [0.5, 0.6) is 0 Å². The van der Waals surface area contributed by atoms with Gasteiger partial charge in [-0.15, -0.1) is 0 Å². The van der Waals surface area contributed by atoms with E-state index in [0.29, 0.717) is 17.9 Å². The van der Waals surface area contributed by atoms with Crippen LogP contribution in [0, 0.1) is 6.92 Å². The highest BCUT2D eigenvalue weighted by molar-refractivity contribution is 5.94. The number of nitrogens with zero attached hydrogens (tertiary/aromatic N) is 2. The first-order valence-corrected chi connectivity index (χ1v) is 10.6. The average molecular weight is 427 g/mol. The topological polar surface area (TPSA) is 76.0 Å². The zero-order valence-electron chi connectivity index (χ0n) is 18.2. The van der Waals surface area contributed by atoms with E-state index in [1.54, 1.807) is 6.07 Å². The Morgan fingerprint density at radius 3 is 2.50 bits per heavy atom. The number of para-hydroxylation sites is 2. The number of aryl methyl sites for hydroxylation is 1. The Morgan fingerprint density at radius 2 is 1.72 bits per heavy atom. The van der Waals surface area contributed by atoms with Gasteiger partial charge in [0.2, 0.25) is 5.91 Å². The number of amides is 2. The molecule has 1 atom stereocenters. The molecule has 4 aromatic rings. The number of benzene rings is 3. The molecule has 162 valence electrons. The van der Waals surface area contributed by atoms with E-state index in [9.17, 15) is 9.59 Å². The lowest BCUT2D eigenvalue weighted by Crippen LogP contribution is -2.31. The Labute approximate surface area is 187 Å². The molecule has 6 nitrogen and oxygen atoms in total. The molecule has 0 aliphatic rings. The number of imidazole rings is 1. The van der Waals surface area contributed by atoms with Crippen LogP contribution in [0.3, 0.4) is 0 Å².